The number of hydrogen-bond donors (Lipinski definition) is 1. The van der Waals surface area contributed by atoms with Gasteiger partial charge in [0.15, 0.2) is 0 Å². The molecule has 0 bridgehead atoms. The van der Waals surface area contributed by atoms with Crippen LogP contribution < -0.4 is 5.32 Å². The SMILES string of the molecule is CN(CC(=O)NCCCOCc1ccccc1)C1CCCc2ccccc21. The second-order valence-corrected chi connectivity index (χ2v) is 7.26. The third kappa shape index (κ3) is 5.91. The molecule has 0 aliphatic heterocycles. The summed E-state index contributed by atoms with van der Waals surface area (Å²) in [7, 11) is 2.05. The van der Waals surface area contributed by atoms with E-state index < -0.39 is 0 Å². The van der Waals surface area contributed by atoms with Crippen molar-refractivity contribution in [3.05, 3.63) is 71.3 Å². The van der Waals surface area contributed by atoms with Crippen LogP contribution in [0, 0.1) is 0 Å². The van der Waals surface area contributed by atoms with Gasteiger partial charge < -0.3 is 10.1 Å². The van der Waals surface area contributed by atoms with Gasteiger partial charge >= 0.3 is 0 Å². The van der Waals surface area contributed by atoms with Gasteiger partial charge in [-0.2, -0.15) is 0 Å². The Balaban J connectivity index is 1.34. The molecular formula is C23H30N2O2. The molecule has 27 heavy (non-hydrogen) atoms. The van der Waals surface area contributed by atoms with E-state index in [-0.39, 0.29) is 5.91 Å². The Hall–Kier alpha value is -2.17. The Morgan fingerprint density at radius 2 is 1.93 bits per heavy atom. The number of hydrogen-bond acceptors (Lipinski definition) is 3. The number of nitrogens with zero attached hydrogens (tertiary/aromatic N) is 1. The van der Waals surface area contributed by atoms with E-state index >= 15 is 0 Å². The van der Waals surface area contributed by atoms with Crippen molar-refractivity contribution in [1.29, 1.82) is 0 Å². The molecule has 0 saturated heterocycles. The van der Waals surface area contributed by atoms with Crippen molar-refractivity contribution in [2.75, 3.05) is 26.7 Å². The summed E-state index contributed by atoms with van der Waals surface area (Å²) in [6, 6.07) is 19.1. The maximum Gasteiger partial charge on any atom is 0.234 e. The predicted octanol–water partition coefficient (Wildman–Crippen LogP) is 3.72. The molecular weight excluding hydrogens is 336 g/mol. The van der Waals surface area contributed by atoms with E-state index in [0.29, 0.717) is 32.3 Å². The number of carbonyl (C=O) groups excluding carboxylic acids is 1. The molecule has 1 atom stereocenters. The summed E-state index contributed by atoms with van der Waals surface area (Å²) in [5.74, 6) is 0.0867. The van der Waals surface area contributed by atoms with Crippen LogP contribution in [0.4, 0.5) is 0 Å². The zero-order chi connectivity index (χ0) is 18.9. The van der Waals surface area contributed by atoms with Gasteiger partial charge in [-0.15, -0.1) is 0 Å². The first-order valence-corrected chi connectivity index (χ1v) is 9.90. The lowest BCUT2D eigenvalue weighted by Gasteiger charge is -2.32. The molecule has 1 unspecified atom stereocenters. The predicted molar refractivity (Wildman–Crippen MR) is 108 cm³/mol. The van der Waals surface area contributed by atoms with Gasteiger partial charge in [-0.05, 0) is 49.4 Å². The van der Waals surface area contributed by atoms with Crippen molar-refractivity contribution >= 4 is 5.91 Å². The number of carbonyl (C=O) groups is 1. The lowest BCUT2D eigenvalue weighted by Crippen LogP contribution is -2.38. The van der Waals surface area contributed by atoms with Gasteiger partial charge in [0.1, 0.15) is 0 Å². The zero-order valence-electron chi connectivity index (χ0n) is 16.2. The molecule has 0 heterocycles. The molecule has 1 amide bonds. The van der Waals surface area contributed by atoms with Crippen molar-refractivity contribution < 1.29 is 9.53 Å². The highest BCUT2D eigenvalue weighted by molar-refractivity contribution is 5.78. The zero-order valence-corrected chi connectivity index (χ0v) is 16.2. The smallest absolute Gasteiger partial charge is 0.234 e. The summed E-state index contributed by atoms with van der Waals surface area (Å²) in [6.07, 6.45) is 4.28. The molecule has 4 heteroatoms. The van der Waals surface area contributed by atoms with E-state index in [9.17, 15) is 4.79 Å². The number of aryl methyl sites for hydroxylation is 1. The minimum Gasteiger partial charge on any atom is -0.377 e. The van der Waals surface area contributed by atoms with Crippen molar-refractivity contribution in [3.63, 3.8) is 0 Å². The molecule has 4 nitrogen and oxygen atoms in total. The summed E-state index contributed by atoms with van der Waals surface area (Å²) < 4.78 is 5.66. The normalized spacial score (nSPS) is 16.1. The Kier molecular flexibility index (Phi) is 7.43. The van der Waals surface area contributed by atoms with Crippen molar-refractivity contribution in [1.82, 2.24) is 10.2 Å². The summed E-state index contributed by atoms with van der Waals surface area (Å²) in [5.41, 5.74) is 3.99. The number of nitrogens with one attached hydrogen (secondary N) is 1. The van der Waals surface area contributed by atoms with Crippen LogP contribution in [0.5, 0.6) is 0 Å². The van der Waals surface area contributed by atoms with Crippen molar-refractivity contribution in [2.45, 2.75) is 38.3 Å². The molecule has 0 radical (unpaired) electrons. The van der Waals surface area contributed by atoms with E-state index in [1.165, 1.54) is 23.1 Å². The summed E-state index contributed by atoms with van der Waals surface area (Å²) >= 11 is 0. The van der Waals surface area contributed by atoms with Gasteiger partial charge in [-0.1, -0.05) is 54.6 Å². The third-order valence-electron chi connectivity index (χ3n) is 5.16. The first-order valence-electron chi connectivity index (χ1n) is 9.90. The average Bonchev–Trinajstić information content (AvgIpc) is 2.71. The first kappa shape index (κ1) is 19.6. The fraction of sp³-hybridized carbons (Fsp3) is 0.435. The number of likely N-dealkylation sites (N-methyl/N-ethyl adjacent to an activating group) is 1. The fourth-order valence-corrected chi connectivity index (χ4v) is 3.75. The van der Waals surface area contributed by atoms with Crippen LogP contribution in [-0.4, -0.2) is 37.6 Å². The summed E-state index contributed by atoms with van der Waals surface area (Å²) in [5, 5.41) is 3.01. The number of ether oxygens (including phenoxy) is 1. The topological polar surface area (TPSA) is 41.6 Å². The number of rotatable bonds is 9. The Labute approximate surface area is 162 Å². The monoisotopic (exact) mass is 366 g/mol. The molecule has 2 aromatic carbocycles. The van der Waals surface area contributed by atoms with Gasteiger partial charge in [-0.3, -0.25) is 9.69 Å². The van der Waals surface area contributed by atoms with Gasteiger partial charge in [0.2, 0.25) is 5.91 Å². The van der Waals surface area contributed by atoms with Crippen LogP contribution in [0.1, 0.15) is 42.0 Å². The van der Waals surface area contributed by atoms with Crippen LogP contribution in [0.2, 0.25) is 0 Å². The Morgan fingerprint density at radius 1 is 1.15 bits per heavy atom. The maximum atomic E-state index is 12.3. The first-order chi connectivity index (χ1) is 13.2. The molecule has 1 aliphatic carbocycles. The largest absolute Gasteiger partial charge is 0.377 e. The molecule has 0 saturated carbocycles. The van der Waals surface area contributed by atoms with E-state index in [1.54, 1.807) is 0 Å². The number of fused-ring (bicyclic) bond motifs is 1. The summed E-state index contributed by atoms with van der Waals surface area (Å²) in [4.78, 5) is 14.4. The quantitative estimate of drug-likeness (QED) is 0.688. The average molecular weight is 367 g/mol. The molecule has 0 spiro atoms. The van der Waals surface area contributed by atoms with Crippen molar-refractivity contribution in [3.8, 4) is 0 Å². The third-order valence-corrected chi connectivity index (χ3v) is 5.16. The lowest BCUT2D eigenvalue weighted by molar-refractivity contribution is -0.122. The second-order valence-electron chi connectivity index (χ2n) is 7.26. The standard InChI is InChI=1S/C23H30N2O2/c1-25(22-14-7-12-20-11-5-6-13-21(20)22)17-23(26)24-15-8-16-27-18-19-9-3-2-4-10-19/h2-6,9-11,13,22H,7-8,12,14-18H2,1H3,(H,24,26). The van der Waals surface area contributed by atoms with Crippen molar-refractivity contribution in [2.24, 2.45) is 0 Å². The minimum atomic E-state index is 0.0867. The minimum absolute atomic E-state index is 0.0867. The molecule has 2 aromatic rings. The van der Waals surface area contributed by atoms with Crippen LogP contribution in [0.25, 0.3) is 0 Å². The van der Waals surface area contributed by atoms with Crippen LogP contribution >= 0.6 is 0 Å². The molecule has 1 aliphatic rings. The molecule has 144 valence electrons. The Bertz CT molecular complexity index is 717. The van der Waals surface area contributed by atoms with Crippen LogP contribution in [-0.2, 0) is 22.6 Å². The van der Waals surface area contributed by atoms with Gasteiger partial charge in [-0.25, -0.2) is 0 Å². The fourth-order valence-electron chi connectivity index (χ4n) is 3.75. The summed E-state index contributed by atoms with van der Waals surface area (Å²) in [6.45, 7) is 2.37. The molecule has 0 aromatic heterocycles. The van der Waals surface area contributed by atoms with E-state index in [1.807, 2.05) is 18.2 Å². The highest BCUT2D eigenvalue weighted by Crippen LogP contribution is 2.33. The van der Waals surface area contributed by atoms with Crippen LogP contribution in [0.15, 0.2) is 54.6 Å². The van der Waals surface area contributed by atoms with Gasteiger partial charge in [0.05, 0.1) is 13.2 Å². The highest BCUT2D eigenvalue weighted by atomic mass is 16.5. The van der Waals surface area contributed by atoms with E-state index in [2.05, 4.69) is 53.7 Å². The van der Waals surface area contributed by atoms with Gasteiger partial charge in [0, 0.05) is 19.2 Å². The Morgan fingerprint density at radius 3 is 2.78 bits per heavy atom. The van der Waals surface area contributed by atoms with E-state index in [4.69, 9.17) is 4.74 Å². The lowest BCUT2D eigenvalue weighted by atomic mass is 9.87. The molecule has 0 fully saturated rings. The second kappa shape index (κ2) is 10.2. The molecule has 3 rings (SSSR count). The maximum absolute atomic E-state index is 12.3. The number of benzene rings is 2. The van der Waals surface area contributed by atoms with Gasteiger partial charge in [0.25, 0.3) is 0 Å². The van der Waals surface area contributed by atoms with E-state index in [0.717, 1.165) is 19.3 Å². The number of amides is 1. The highest BCUT2D eigenvalue weighted by Gasteiger charge is 2.24. The van der Waals surface area contributed by atoms with Crippen LogP contribution in [0.3, 0.4) is 0 Å². The molecule has 1 N–H and O–H groups in total.